The molecule has 5 nitrogen and oxygen atoms in total. The van der Waals surface area contributed by atoms with Crippen LogP contribution in [0.25, 0.3) is 0 Å². The molecule has 0 bridgehead atoms. The number of nitrogens with zero attached hydrogens (tertiary/aromatic N) is 1. The van der Waals surface area contributed by atoms with Crippen molar-refractivity contribution in [1.82, 2.24) is 10.2 Å². The van der Waals surface area contributed by atoms with Gasteiger partial charge in [-0.25, -0.2) is 0 Å². The number of likely N-dealkylation sites (tertiary alicyclic amines) is 1. The van der Waals surface area contributed by atoms with Gasteiger partial charge in [-0.2, -0.15) is 0 Å². The van der Waals surface area contributed by atoms with Crippen LogP contribution in [0.1, 0.15) is 26.2 Å². The van der Waals surface area contributed by atoms with Gasteiger partial charge in [-0.15, -0.1) is 0 Å². The van der Waals surface area contributed by atoms with Gasteiger partial charge in [-0.1, -0.05) is 0 Å². The zero-order valence-electron chi connectivity index (χ0n) is 9.03. The summed E-state index contributed by atoms with van der Waals surface area (Å²) in [7, 11) is 0. The Labute approximate surface area is 89.4 Å². The largest absolute Gasteiger partial charge is 0.480 e. The summed E-state index contributed by atoms with van der Waals surface area (Å²) in [6.07, 6.45) is 2.72. The minimum absolute atomic E-state index is 0.00470. The number of rotatable bonds is 3. The van der Waals surface area contributed by atoms with Crippen LogP contribution in [0.5, 0.6) is 0 Å². The normalized spacial score (nSPS) is 22.2. The summed E-state index contributed by atoms with van der Waals surface area (Å²) >= 11 is 0. The Hall–Kier alpha value is -1.10. The summed E-state index contributed by atoms with van der Waals surface area (Å²) in [6.45, 7) is 3.10. The fourth-order valence-corrected chi connectivity index (χ4v) is 1.85. The van der Waals surface area contributed by atoms with E-state index in [1.165, 1.54) is 0 Å². The first kappa shape index (κ1) is 12.0. The molecule has 0 radical (unpaired) electrons. The first-order chi connectivity index (χ1) is 7.09. The number of carbonyl (C=O) groups is 2. The molecule has 1 saturated heterocycles. The molecule has 0 aromatic rings. The number of nitrogens with one attached hydrogen (secondary N) is 1. The third-order valence-corrected chi connectivity index (χ3v) is 2.72. The average molecular weight is 214 g/mol. The fraction of sp³-hybridized carbons (Fsp3) is 0.800. The first-order valence-electron chi connectivity index (χ1n) is 5.30. The molecule has 86 valence electrons. The van der Waals surface area contributed by atoms with Gasteiger partial charge in [0.2, 0.25) is 5.91 Å². The van der Waals surface area contributed by atoms with Crippen molar-refractivity contribution < 1.29 is 14.7 Å². The van der Waals surface area contributed by atoms with E-state index in [1.807, 2.05) is 4.90 Å². The molecular weight excluding hydrogens is 196 g/mol. The topological polar surface area (TPSA) is 69.6 Å². The summed E-state index contributed by atoms with van der Waals surface area (Å²) in [5, 5.41) is 11.5. The molecule has 1 atom stereocenters. The lowest BCUT2D eigenvalue weighted by Gasteiger charge is -2.18. The molecule has 1 heterocycles. The first-order valence-corrected chi connectivity index (χ1v) is 5.30. The second-order valence-electron chi connectivity index (χ2n) is 3.91. The Morgan fingerprint density at radius 2 is 2.13 bits per heavy atom. The molecule has 0 aromatic heterocycles. The predicted molar refractivity (Wildman–Crippen MR) is 55.5 cm³/mol. The summed E-state index contributed by atoms with van der Waals surface area (Å²) in [6, 6.07) is 0.227. The van der Waals surface area contributed by atoms with Crippen molar-refractivity contribution in [2.24, 2.45) is 0 Å². The van der Waals surface area contributed by atoms with Crippen LogP contribution in [-0.2, 0) is 9.59 Å². The summed E-state index contributed by atoms with van der Waals surface area (Å²) < 4.78 is 0. The maximum atomic E-state index is 11.1. The van der Waals surface area contributed by atoms with Crippen LogP contribution in [0.4, 0.5) is 0 Å². The van der Waals surface area contributed by atoms with Crippen molar-refractivity contribution in [3.05, 3.63) is 0 Å². The molecule has 2 N–H and O–H groups in total. The Morgan fingerprint density at radius 3 is 2.73 bits per heavy atom. The lowest BCUT2D eigenvalue weighted by molar-refractivity contribution is -0.136. The number of amides is 1. The van der Waals surface area contributed by atoms with Crippen LogP contribution in [-0.4, -0.2) is 47.6 Å². The quantitative estimate of drug-likeness (QED) is 0.697. The van der Waals surface area contributed by atoms with E-state index in [2.05, 4.69) is 5.32 Å². The Kier molecular flexibility index (Phi) is 4.55. The zero-order chi connectivity index (χ0) is 11.3. The van der Waals surface area contributed by atoms with Crippen LogP contribution in [0.2, 0.25) is 0 Å². The summed E-state index contributed by atoms with van der Waals surface area (Å²) in [4.78, 5) is 23.3. The van der Waals surface area contributed by atoms with E-state index in [9.17, 15) is 9.59 Å². The van der Waals surface area contributed by atoms with E-state index < -0.39 is 5.97 Å². The number of hydrogen-bond acceptors (Lipinski definition) is 3. The molecule has 1 amide bonds. The van der Waals surface area contributed by atoms with Crippen molar-refractivity contribution in [3.8, 4) is 0 Å². The number of hydrogen-bond donors (Lipinski definition) is 2. The highest BCUT2D eigenvalue weighted by Gasteiger charge is 2.18. The highest BCUT2D eigenvalue weighted by atomic mass is 16.4. The lowest BCUT2D eigenvalue weighted by Crippen LogP contribution is -2.35. The zero-order valence-corrected chi connectivity index (χ0v) is 9.03. The predicted octanol–water partition coefficient (Wildman–Crippen LogP) is 0.0616. The summed E-state index contributed by atoms with van der Waals surface area (Å²) in [5.74, 6) is -0.725. The number of carboxylic acid groups (broad SMARTS) is 1. The molecule has 0 saturated carbocycles. The van der Waals surface area contributed by atoms with Gasteiger partial charge >= 0.3 is 5.97 Å². The second-order valence-corrected chi connectivity index (χ2v) is 3.91. The van der Waals surface area contributed by atoms with Gasteiger partial charge in [0.05, 0.1) is 6.54 Å². The van der Waals surface area contributed by atoms with E-state index in [1.54, 1.807) is 6.92 Å². The van der Waals surface area contributed by atoms with E-state index in [0.29, 0.717) is 0 Å². The molecule has 15 heavy (non-hydrogen) atoms. The Balaban J connectivity index is 2.32. The van der Waals surface area contributed by atoms with Crippen molar-refractivity contribution >= 4 is 11.9 Å². The third-order valence-electron chi connectivity index (χ3n) is 2.72. The van der Waals surface area contributed by atoms with Crippen molar-refractivity contribution in [1.29, 1.82) is 0 Å². The van der Waals surface area contributed by atoms with Crippen molar-refractivity contribution in [2.75, 3.05) is 19.6 Å². The monoisotopic (exact) mass is 214 g/mol. The summed E-state index contributed by atoms with van der Waals surface area (Å²) in [5.41, 5.74) is 0. The number of carboxylic acids is 1. The molecule has 1 aliphatic heterocycles. The van der Waals surface area contributed by atoms with Gasteiger partial charge in [0.25, 0.3) is 0 Å². The van der Waals surface area contributed by atoms with E-state index in [-0.39, 0.29) is 18.5 Å². The highest BCUT2D eigenvalue weighted by Crippen LogP contribution is 2.10. The number of aliphatic carboxylic acids is 1. The SMILES string of the molecule is CC(=O)N1CCCC(NCC(=O)O)CC1. The molecule has 0 spiro atoms. The molecule has 5 heteroatoms. The minimum Gasteiger partial charge on any atom is -0.480 e. The van der Waals surface area contributed by atoms with Gasteiger partial charge in [0.1, 0.15) is 0 Å². The molecule has 1 aliphatic rings. The second kappa shape index (κ2) is 5.70. The molecular formula is C10H18N2O3. The lowest BCUT2D eigenvalue weighted by atomic mass is 10.1. The van der Waals surface area contributed by atoms with Crippen molar-refractivity contribution in [3.63, 3.8) is 0 Å². The van der Waals surface area contributed by atoms with Gasteiger partial charge < -0.3 is 15.3 Å². The molecule has 0 aromatic carbocycles. The van der Waals surface area contributed by atoms with Crippen LogP contribution in [0, 0.1) is 0 Å². The Morgan fingerprint density at radius 1 is 1.40 bits per heavy atom. The third kappa shape index (κ3) is 4.29. The van der Waals surface area contributed by atoms with Crippen LogP contribution in [0.15, 0.2) is 0 Å². The van der Waals surface area contributed by atoms with Crippen LogP contribution in [0.3, 0.4) is 0 Å². The average Bonchev–Trinajstić information content (AvgIpc) is 2.39. The molecule has 1 unspecified atom stereocenters. The number of carbonyl (C=O) groups excluding carboxylic acids is 1. The minimum atomic E-state index is -0.831. The molecule has 0 aliphatic carbocycles. The van der Waals surface area contributed by atoms with Gasteiger partial charge in [0.15, 0.2) is 0 Å². The smallest absolute Gasteiger partial charge is 0.317 e. The van der Waals surface area contributed by atoms with Crippen molar-refractivity contribution in [2.45, 2.75) is 32.2 Å². The maximum Gasteiger partial charge on any atom is 0.317 e. The van der Waals surface area contributed by atoms with E-state index >= 15 is 0 Å². The molecule has 1 fully saturated rings. The maximum absolute atomic E-state index is 11.1. The van der Waals surface area contributed by atoms with Gasteiger partial charge in [0, 0.05) is 26.1 Å². The van der Waals surface area contributed by atoms with E-state index in [0.717, 1.165) is 32.4 Å². The van der Waals surface area contributed by atoms with Gasteiger partial charge in [-0.3, -0.25) is 9.59 Å². The van der Waals surface area contributed by atoms with Crippen LogP contribution >= 0.6 is 0 Å². The Bertz CT molecular complexity index is 243. The van der Waals surface area contributed by atoms with Crippen LogP contribution < -0.4 is 5.32 Å². The van der Waals surface area contributed by atoms with Gasteiger partial charge in [-0.05, 0) is 19.3 Å². The molecule has 1 rings (SSSR count). The fourth-order valence-electron chi connectivity index (χ4n) is 1.85. The standard InChI is InChI=1S/C10H18N2O3/c1-8(13)12-5-2-3-9(4-6-12)11-7-10(14)15/h9,11H,2-7H2,1H3,(H,14,15). The highest BCUT2D eigenvalue weighted by molar-refractivity contribution is 5.73. The van der Waals surface area contributed by atoms with E-state index in [4.69, 9.17) is 5.11 Å².